The fourth-order valence-corrected chi connectivity index (χ4v) is 5.07. The number of terminal acetylenes is 1. The van der Waals surface area contributed by atoms with Crippen molar-refractivity contribution in [3.8, 4) is 35.0 Å². The Kier molecular flexibility index (Phi) is 3.76. The van der Waals surface area contributed by atoms with Crippen LogP contribution >= 0.6 is 0 Å². The van der Waals surface area contributed by atoms with Crippen LogP contribution in [0.25, 0.3) is 27.5 Å². The lowest BCUT2D eigenvalue weighted by Crippen LogP contribution is -2.33. The van der Waals surface area contributed by atoms with Crippen LogP contribution in [0.15, 0.2) is 84.9 Å². The van der Waals surface area contributed by atoms with Crippen LogP contribution in [0.1, 0.15) is 23.6 Å². The molecule has 0 aromatic heterocycles. The molecule has 0 saturated heterocycles. The summed E-state index contributed by atoms with van der Waals surface area (Å²) < 4.78 is 12.5. The van der Waals surface area contributed by atoms with Crippen LogP contribution in [0, 0.1) is 12.3 Å². The monoisotopic (exact) mass is 400 g/mol. The molecule has 0 saturated carbocycles. The molecule has 1 aliphatic heterocycles. The third kappa shape index (κ3) is 2.47. The first-order chi connectivity index (χ1) is 15.2. The van der Waals surface area contributed by atoms with Gasteiger partial charge in [0.25, 0.3) is 0 Å². The number of allylic oxidation sites excluding steroid dienone is 1. The molecule has 0 radical (unpaired) electrons. The average molecular weight is 400 g/mol. The molecule has 0 amide bonds. The molecule has 148 valence electrons. The standard InChI is InChI=1S/C29H20O2/c1-3-16-30-21-13-14-22-20(17-21)12-15-27-28(22)19(2)18-29(31-27)25-10-6-4-8-23(25)24-9-5-7-11-26(24)29/h1,4-15,17-18H,16H2,2H3. The van der Waals surface area contributed by atoms with E-state index in [1.54, 1.807) is 0 Å². The van der Waals surface area contributed by atoms with Gasteiger partial charge in [-0.2, -0.15) is 0 Å². The van der Waals surface area contributed by atoms with E-state index >= 15 is 0 Å². The highest BCUT2D eigenvalue weighted by atomic mass is 16.5. The highest BCUT2D eigenvalue weighted by Crippen LogP contribution is 2.54. The van der Waals surface area contributed by atoms with Crippen molar-refractivity contribution in [3.05, 3.63) is 102 Å². The van der Waals surface area contributed by atoms with E-state index in [2.05, 4.69) is 85.7 Å². The lowest BCUT2D eigenvalue weighted by Gasteiger charge is -2.35. The maximum absolute atomic E-state index is 6.87. The Hall–Kier alpha value is -3.96. The second-order valence-corrected chi connectivity index (χ2v) is 8.07. The molecule has 0 bridgehead atoms. The molecule has 0 fully saturated rings. The second kappa shape index (κ2) is 6.52. The van der Waals surface area contributed by atoms with Gasteiger partial charge in [0.15, 0.2) is 5.60 Å². The van der Waals surface area contributed by atoms with E-state index in [1.165, 1.54) is 27.8 Å². The summed E-state index contributed by atoms with van der Waals surface area (Å²) in [6.45, 7) is 2.44. The third-order valence-corrected chi connectivity index (χ3v) is 6.30. The Balaban J connectivity index is 1.55. The van der Waals surface area contributed by atoms with E-state index in [0.717, 1.165) is 27.8 Å². The zero-order chi connectivity index (χ0) is 21.0. The predicted molar refractivity (Wildman–Crippen MR) is 125 cm³/mol. The summed E-state index contributed by atoms with van der Waals surface area (Å²) in [5.41, 5.74) is 6.60. The summed E-state index contributed by atoms with van der Waals surface area (Å²) in [7, 11) is 0. The number of fused-ring (bicyclic) bond motifs is 8. The van der Waals surface area contributed by atoms with Crippen molar-refractivity contribution in [3.63, 3.8) is 0 Å². The Labute approximate surface area is 181 Å². The number of benzene rings is 4. The number of ether oxygens (including phenoxy) is 2. The minimum Gasteiger partial charge on any atom is -0.481 e. The zero-order valence-corrected chi connectivity index (χ0v) is 17.2. The lowest BCUT2D eigenvalue weighted by molar-refractivity contribution is 0.165. The number of rotatable bonds is 2. The summed E-state index contributed by atoms with van der Waals surface area (Å²) >= 11 is 0. The Bertz CT molecular complexity index is 1390. The minimum absolute atomic E-state index is 0.264. The maximum Gasteiger partial charge on any atom is 0.179 e. The SMILES string of the molecule is C#CCOc1ccc2c3c(ccc2c1)OC1(C=C3C)c2ccccc2-c2ccccc21. The van der Waals surface area contributed by atoms with Crippen LogP contribution in [0.5, 0.6) is 11.5 Å². The normalized spacial score (nSPS) is 14.8. The van der Waals surface area contributed by atoms with Gasteiger partial charge in [-0.15, -0.1) is 6.42 Å². The molecule has 1 spiro atoms. The Morgan fingerprint density at radius 1 is 0.903 bits per heavy atom. The van der Waals surface area contributed by atoms with Crippen molar-refractivity contribution in [2.24, 2.45) is 0 Å². The van der Waals surface area contributed by atoms with Crippen molar-refractivity contribution in [2.45, 2.75) is 12.5 Å². The molecule has 2 nitrogen and oxygen atoms in total. The van der Waals surface area contributed by atoms with E-state index < -0.39 is 5.60 Å². The molecule has 0 atom stereocenters. The van der Waals surface area contributed by atoms with Crippen molar-refractivity contribution in [1.82, 2.24) is 0 Å². The largest absolute Gasteiger partial charge is 0.481 e. The molecule has 4 aromatic carbocycles. The molecule has 0 unspecified atom stereocenters. The van der Waals surface area contributed by atoms with E-state index in [9.17, 15) is 0 Å². The summed E-state index contributed by atoms with van der Waals surface area (Å²) in [5, 5.41) is 2.25. The molecule has 2 heteroatoms. The van der Waals surface area contributed by atoms with Crippen molar-refractivity contribution < 1.29 is 9.47 Å². The Morgan fingerprint density at radius 2 is 1.61 bits per heavy atom. The van der Waals surface area contributed by atoms with Crippen LogP contribution < -0.4 is 9.47 Å². The summed E-state index contributed by atoms with van der Waals surface area (Å²) in [6, 6.07) is 27.4. The summed E-state index contributed by atoms with van der Waals surface area (Å²) in [5.74, 6) is 4.19. The first-order valence-corrected chi connectivity index (χ1v) is 10.4. The van der Waals surface area contributed by atoms with Gasteiger partial charge < -0.3 is 9.47 Å². The van der Waals surface area contributed by atoms with Crippen LogP contribution in [0.3, 0.4) is 0 Å². The first kappa shape index (κ1) is 17.9. The predicted octanol–water partition coefficient (Wildman–Crippen LogP) is 6.57. The van der Waals surface area contributed by atoms with Gasteiger partial charge in [-0.3, -0.25) is 0 Å². The van der Waals surface area contributed by atoms with Gasteiger partial charge in [-0.05, 0) is 64.7 Å². The van der Waals surface area contributed by atoms with Crippen LogP contribution in [-0.4, -0.2) is 6.61 Å². The average Bonchev–Trinajstić information content (AvgIpc) is 3.07. The number of hydrogen-bond donors (Lipinski definition) is 0. The quantitative estimate of drug-likeness (QED) is 0.354. The summed E-state index contributed by atoms with van der Waals surface area (Å²) in [6.07, 6.45) is 7.60. The van der Waals surface area contributed by atoms with E-state index in [4.69, 9.17) is 15.9 Å². The van der Waals surface area contributed by atoms with Gasteiger partial charge in [0.05, 0.1) is 0 Å². The van der Waals surface area contributed by atoms with E-state index in [1.807, 2.05) is 12.1 Å². The van der Waals surface area contributed by atoms with Crippen molar-refractivity contribution in [1.29, 1.82) is 0 Å². The highest BCUT2D eigenvalue weighted by Gasteiger charge is 2.46. The minimum atomic E-state index is -0.603. The molecule has 0 N–H and O–H groups in total. The van der Waals surface area contributed by atoms with Crippen molar-refractivity contribution >= 4 is 16.3 Å². The van der Waals surface area contributed by atoms with Crippen LogP contribution in [0.2, 0.25) is 0 Å². The van der Waals surface area contributed by atoms with Crippen LogP contribution in [-0.2, 0) is 5.60 Å². The molecule has 1 heterocycles. The molecule has 4 aromatic rings. The third-order valence-electron chi connectivity index (χ3n) is 6.30. The second-order valence-electron chi connectivity index (χ2n) is 8.07. The molecular weight excluding hydrogens is 380 g/mol. The fraction of sp³-hybridized carbons (Fsp3) is 0.103. The van der Waals surface area contributed by atoms with Gasteiger partial charge in [0, 0.05) is 16.7 Å². The van der Waals surface area contributed by atoms with Crippen molar-refractivity contribution in [2.75, 3.05) is 6.61 Å². The van der Waals surface area contributed by atoms with Gasteiger partial charge in [0.1, 0.15) is 18.1 Å². The molecule has 6 rings (SSSR count). The molecule has 31 heavy (non-hydrogen) atoms. The topological polar surface area (TPSA) is 18.5 Å². The first-order valence-electron chi connectivity index (χ1n) is 10.4. The lowest BCUT2D eigenvalue weighted by atomic mass is 9.84. The van der Waals surface area contributed by atoms with E-state index in [-0.39, 0.29) is 6.61 Å². The fourth-order valence-electron chi connectivity index (χ4n) is 5.07. The Morgan fingerprint density at radius 3 is 2.32 bits per heavy atom. The van der Waals surface area contributed by atoms with Crippen LogP contribution in [0.4, 0.5) is 0 Å². The van der Waals surface area contributed by atoms with Gasteiger partial charge in [0.2, 0.25) is 0 Å². The molecule has 1 aliphatic carbocycles. The van der Waals surface area contributed by atoms with Gasteiger partial charge >= 0.3 is 0 Å². The molecular formula is C29H20O2. The van der Waals surface area contributed by atoms with Gasteiger partial charge in [-0.1, -0.05) is 60.5 Å². The zero-order valence-electron chi connectivity index (χ0n) is 17.2. The molecule has 2 aliphatic rings. The maximum atomic E-state index is 6.87. The number of hydrogen-bond acceptors (Lipinski definition) is 2. The van der Waals surface area contributed by atoms with Gasteiger partial charge in [-0.25, -0.2) is 0 Å². The van der Waals surface area contributed by atoms with E-state index in [0.29, 0.717) is 0 Å². The highest BCUT2D eigenvalue weighted by molar-refractivity contribution is 5.98. The smallest absolute Gasteiger partial charge is 0.179 e. The summed E-state index contributed by atoms with van der Waals surface area (Å²) in [4.78, 5) is 0.